The van der Waals surface area contributed by atoms with E-state index in [0.717, 1.165) is 29.6 Å². The van der Waals surface area contributed by atoms with Crippen LogP contribution >= 0.6 is 0 Å². The summed E-state index contributed by atoms with van der Waals surface area (Å²) in [5, 5.41) is 8.37. The van der Waals surface area contributed by atoms with E-state index in [9.17, 15) is 28.4 Å². The van der Waals surface area contributed by atoms with Gasteiger partial charge in [0.1, 0.15) is 17.6 Å². The van der Waals surface area contributed by atoms with E-state index >= 15 is 0 Å². The third-order valence-corrected chi connectivity index (χ3v) is 9.07. The molecule has 1 aliphatic heterocycles. The van der Waals surface area contributed by atoms with Gasteiger partial charge in [0.25, 0.3) is 11.8 Å². The van der Waals surface area contributed by atoms with E-state index in [1.165, 1.54) is 18.2 Å². The maximum atomic E-state index is 14.5. The quantitative estimate of drug-likeness (QED) is 0.132. The maximum Gasteiger partial charge on any atom is 0.265 e. The number of halogens is 1. The fraction of sp³-hybridized carbons (Fsp3) is 0.395. The molecule has 2 aromatic carbocycles. The molecular weight excluding hydrogens is 669 g/mol. The van der Waals surface area contributed by atoms with Gasteiger partial charge < -0.3 is 36.3 Å². The van der Waals surface area contributed by atoms with Gasteiger partial charge in [-0.3, -0.25) is 24.0 Å². The first-order chi connectivity index (χ1) is 24.9. The lowest BCUT2D eigenvalue weighted by Gasteiger charge is -2.19. The molecule has 6 N–H and O–H groups in total. The van der Waals surface area contributed by atoms with Crippen molar-refractivity contribution in [1.82, 2.24) is 25.8 Å². The predicted molar refractivity (Wildman–Crippen MR) is 197 cm³/mol. The van der Waals surface area contributed by atoms with Gasteiger partial charge in [0.15, 0.2) is 0 Å². The number of benzene rings is 2. The third-order valence-electron chi connectivity index (χ3n) is 9.07. The number of anilines is 1. The highest BCUT2D eigenvalue weighted by atomic mass is 19.1. The highest BCUT2D eigenvalue weighted by molar-refractivity contribution is 6.42. The molecule has 4 rings (SSSR count). The Bertz CT molecular complexity index is 1820. The molecule has 0 aliphatic carbocycles. The van der Waals surface area contributed by atoms with Gasteiger partial charge in [-0.05, 0) is 87.4 Å². The van der Waals surface area contributed by atoms with Crippen LogP contribution in [0.1, 0.15) is 71.5 Å². The summed E-state index contributed by atoms with van der Waals surface area (Å²) >= 11 is 0. The number of hydrogen-bond donors (Lipinski definition) is 5. The minimum Gasteiger partial charge on any atom is -0.497 e. The summed E-state index contributed by atoms with van der Waals surface area (Å²) in [7, 11) is 1.56. The van der Waals surface area contributed by atoms with Crippen molar-refractivity contribution < 1.29 is 33.1 Å². The topological polar surface area (TPSA) is 179 Å². The lowest BCUT2D eigenvalue weighted by molar-refractivity contribution is -0.130. The van der Waals surface area contributed by atoms with Crippen molar-refractivity contribution in [3.05, 3.63) is 81.9 Å². The molecule has 0 bridgehead atoms. The Labute approximate surface area is 303 Å². The van der Waals surface area contributed by atoms with Crippen molar-refractivity contribution in [2.45, 2.75) is 59.5 Å². The summed E-state index contributed by atoms with van der Waals surface area (Å²) in [4.78, 5) is 72.5. The highest BCUT2D eigenvalue weighted by Crippen LogP contribution is 2.39. The molecule has 0 spiro atoms. The Hall–Kier alpha value is -5.34. The normalized spacial score (nSPS) is 13.7. The second-order valence-corrected chi connectivity index (χ2v) is 12.5. The number of aryl methyl sites for hydroxylation is 1. The van der Waals surface area contributed by atoms with Gasteiger partial charge in [-0.25, -0.2) is 9.29 Å². The van der Waals surface area contributed by atoms with Crippen LogP contribution in [-0.2, 0) is 25.7 Å². The minimum absolute atomic E-state index is 0.0571. The van der Waals surface area contributed by atoms with Gasteiger partial charge in [-0.15, -0.1) is 0 Å². The molecule has 1 aromatic heterocycles. The number of ether oxygens (including phenoxy) is 1. The molecule has 1 aliphatic rings. The molecule has 0 saturated carbocycles. The SMILES string of the molecule is CCN(CC)CCNC(=O)c1c(C)[nH]c(/C=C2\C(=O)N(C(=O)CCC(=O)N[C@@H](CCN)C(=O)NCc3ccc(OC)cc3)c3ccc(F)cc32)c1C. The number of H-pyrrole nitrogens is 1. The second kappa shape index (κ2) is 18.2. The summed E-state index contributed by atoms with van der Waals surface area (Å²) in [5.41, 5.74) is 9.07. The summed E-state index contributed by atoms with van der Waals surface area (Å²) < 4.78 is 19.6. The summed E-state index contributed by atoms with van der Waals surface area (Å²) in [6.07, 6.45) is 1.01. The molecule has 2 heterocycles. The van der Waals surface area contributed by atoms with Gasteiger partial charge in [-0.2, -0.15) is 0 Å². The molecule has 1 atom stereocenters. The molecule has 13 nitrogen and oxygen atoms in total. The number of carbonyl (C=O) groups is 5. The van der Waals surface area contributed by atoms with E-state index in [-0.39, 0.29) is 55.1 Å². The minimum atomic E-state index is -0.931. The highest BCUT2D eigenvalue weighted by Gasteiger charge is 2.37. The molecular formula is C38H48FN7O6. The van der Waals surface area contributed by atoms with E-state index in [2.05, 4.69) is 39.7 Å². The van der Waals surface area contributed by atoms with E-state index in [0.29, 0.717) is 41.4 Å². The van der Waals surface area contributed by atoms with Crippen molar-refractivity contribution in [2.24, 2.45) is 5.73 Å². The number of likely N-dealkylation sites (N-methyl/N-ethyl adjacent to an activating group) is 1. The standard InChI is InChI=1S/C38H48FN7O6/c1-6-45(7-2)19-18-41-37(50)35-23(3)31(43-24(35)4)21-29-28-20-26(39)10-13-32(28)46(38(29)51)34(48)15-14-33(47)44-30(16-17-40)36(49)42-22-25-8-11-27(52-5)12-9-25/h8-13,20-21,30,43H,6-7,14-19,22,40H2,1-5H3,(H,41,50)(H,42,49)(H,44,47)/b29-21-/t30-/m0/s1. The summed E-state index contributed by atoms with van der Waals surface area (Å²) in [5.74, 6) is -2.56. The lowest BCUT2D eigenvalue weighted by atomic mass is 10.0. The van der Waals surface area contributed by atoms with E-state index in [1.54, 1.807) is 45.2 Å². The average Bonchev–Trinajstić information content (AvgIpc) is 3.57. The Morgan fingerprint density at radius 3 is 2.40 bits per heavy atom. The number of amides is 5. The van der Waals surface area contributed by atoms with Crippen LogP contribution in [0.5, 0.6) is 5.75 Å². The zero-order valence-corrected chi connectivity index (χ0v) is 30.4. The fourth-order valence-electron chi connectivity index (χ4n) is 6.10. The molecule has 14 heteroatoms. The number of fused-ring (bicyclic) bond motifs is 1. The number of aromatic amines is 1. The second-order valence-electron chi connectivity index (χ2n) is 12.5. The Kier molecular flexibility index (Phi) is 13.8. The first kappa shape index (κ1) is 39.4. The molecule has 0 radical (unpaired) electrons. The number of methoxy groups -OCH3 is 1. The third kappa shape index (κ3) is 9.50. The van der Waals surface area contributed by atoms with E-state index in [4.69, 9.17) is 10.5 Å². The Morgan fingerprint density at radius 1 is 1.04 bits per heavy atom. The molecule has 5 amide bonds. The van der Waals surface area contributed by atoms with Crippen molar-refractivity contribution >= 4 is 46.9 Å². The largest absolute Gasteiger partial charge is 0.497 e. The number of imide groups is 1. The molecule has 3 aromatic rings. The number of carbonyl (C=O) groups excluding carboxylic acids is 5. The number of nitrogens with one attached hydrogen (secondary N) is 4. The van der Waals surface area contributed by atoms with Gasteiger partial charge in [0.2, 0.25) is 17.7 Å². The van der Waals surface area contributed by atoms with Crippen LogP contribution in [0.15, 0.2) is 42.5 Å². The number of nitrogens with two attached hydrogens (primary N) is 1. The van der Waals surface area contributed by atoms with Crippen molar-refractivity contribution in [1.29, 1.82) is 0 Å². The van der Waals surface area contributed by atoms with Crippen molar-refractivity contribution in [2.75, 3.05) is 44.7 Å². The van der Waals surface area contributed by atoms with E-state index < -0.39 is 35.5 Å². The smallest absolute Gasteiger partial charge is 0.265 e. The van der Waals surface area contributed by atoms with E-state index in [1.807, 2.05) is 0 Å². The van der Waals surface area contributed by atoms with Gasteiger partial charge in [0.05, 0.1) is 23.9 Å². The predicted octanol–water partition coefficient (Wildman–Crippen LogP) is 3.19. The maximum absolute atomic E-state index is 14.5. The number of rotatable bonds is 17. The zero-order valence-electron chi connectivity index (χ0n) is 30.4. The fourth-order valence-corrected chi connectivity index (χ4v) is 6.10. The first-order valence-electron chi connectivity index (χ1n) is 17.4. The number of nitrogens with zero attached hydrogens (tertiary/aromatic N) is 2. The van der Waals surface area contributed by atoms with Crippen molar-refractivity contribution in [3.8, 4) is 5.75 Å². The molecule has 0 unspecified atom stereocenters. The van der Waals surface area contributed by atoms with Gasteiger partial charge in [-0.1, -0.05) is 26.0 Å². The van der Waals surface area contributed by atoms with Crippen molar-refractivity contribution in [3.63, 3.8) is 0 Å². The van der Waals surface area contributed by atoms with Crippen LogP contribution in [0, 0.1) is 19.7 Å². The van der Waals surface area contributed by atoms with Crippen LogP contribution in [0.2, 0.25) is 0 Å². The summed E-state index contributed by atoms with van der Waals surface area (Å²) in [6, 6.07) is 9.88. The monoisotopic (exact) mass is 717 g/mol. The Balaban J connectivity index is 1.44. The first-order valence-corrected chi connectivity index (χ1v) is 17.4. The number of hydrogen-bond acceptors (Lipinski definition) is 8. The zero-order chi connectivity index (χ0) is 37.9. The van der Waals surface area contributed by atoms with Gasteiger partial charge in [0, 0.05) is 49.4 Å². The molecule has 52 heavy (non-hydrogen) atoms. The van der Waals surface area contributed by atoms with Gasteiger partial charge >= 0.3 is 0 Å². The molecule has 0 saturated heterocycles. The lowest BCUT2D eigenvalue weighted by Crippen LogP contribution is -2.47. The van der Waals surface area contributed by atoms with Crippen LogP contribution in [-0.4, -0.2) is 85.3 Å². The van der Waals surface area contributed by atoms with Crippen LogP contribution < -0.4 is 31.3 Å². The molecule has 278 valence electrons. The average molecular weight is 718 g/mol. The summed E-state index contributed by atoms with van der Waals surface area (Å²) in [6.45, 7) is 10.9. The van der Waals surface area contributed by atoms with Crippen LogP contribution in [0.25, 0.3) is 11.6 Å². The van der Waals surface area contributed by atoms with Crippen LogP contribution in [0.3, 0.4) is 0 Å². The number of aromatic nitrogens is 1. The Morgan fingerprint density at radius 2 is 1.75 bits per heavy atom. The van der Waals surface area contributed by atoms with Crippen LogP contribution in [0.4, 0.5) is 10.1 Å². The molecule has 0 fully saturated rings.